The first kappa shape index (κ1) is 22.9. The van der Waals surface area contributed by atoms with Crippen molar-refractivity contribution in [3.8, 4) is 0 Å². The highest BCUT2D eigenvalue weighted by molar-refractivity contribution is 7.83. The van der Waals surface area contributed by atoms with Gasteiger partial charge in [-0.25, -0.2) is 22.1 Å². The molecule has 2 rings (SSSR count). The van der Waals surface area contributed by atoms with Gasteiger partial charge in [-0.05, 0) is 19.1 Å². The van der Waals surface area contributed by atoms with Gasteiger partial charge in [0, 0.05) is 32.1 Å². The molecule has 2 aromatic heterocycles. The molecule has 0 bridgehead atoms. The lowest BCUT2D eigenvalue weighted by Gasteiger charge is -2.19. The molecule has 0 aliphatic rings. The molecule has 0 fully saturated rings. The molecule has 160 valence electrons. The molecule has 0 aliphatic carbocycles. The lowest BCUT2D eigenvalue weighted by molar-refractivity contribution is -0.141. The summed E-state index contributed by atoms with van der Waals surface area (Å²) >= 11 is 0. The van der Waals surface area contributed by atoms with Crippen LogP contribution in [0.25, 0.3) is 0 Å². The zero-order valence-electron chi connectivity index (χ0n) is 15.3. The number of halogens is 6. The average Bonchev–Trinajstić information content (AvgIpc) is 2.88. The van der Waals surface area contributed by atoms with Gasteiger partial charge < -0.3 is 9.88 Å². The SMILES string of the molecule is C[C@@H](NS(=O)c1cn(C)c(C(=O)Nc2ccnc(C(F)(F)F)c2)c1F)C(C)(F)F. The smallest absolute Gasteiger partial charge is 0.343 e. The lowest BCUT2D eigenvalue weighted by Crippen LogP contribution is -2.41. The molecular weight excluding hydrogens is 426 g/mol. The molecule has 0 saturated heterocycles. The largest absolute Gasteiger partial charge is 0.433 e. The van der Waals surface area contributed by atoms with E-state index in [1.54, 1.807) is 0 Å². The normalized spacial score (nSPS) is 14.5. The molecular formula is C16H16F6N4O2S. The second-order valence-electron chi connectivity index (χ2n) is 6.21. The lowest BCUT2D eigenvalue weighted by atomic mass is 10.2. The molecule has 1 unspecified atom stereocenters. The highest BCUT2D eigenvalue weighted by Gasteiger charge is 2.34. The topological polar surface area (TPSA) is 76.0 Å². The number of hydrogen-bond donors (Lipinski definition) is 2. The number of nitrogens with zero attached hydrogens (tertiary/aromatic N) is 2. The molecule has 2 N–H and O–H groups in total. The number of alkyl halides is 5. The maximum atomic E-state index is 14.6. The minimum Gasteiger partial charge on any atom is -0.343 e. The standard InChI is InChI=1S/C16H16F6N4O2S/c1-8(15(2,18)19)25-29(28)10-7-26(3)13(12(10)17)14(27)24-9-4-5-23-11(6-9)16(20,21)22/h4-8,25H,1-3H3,(H,23,24,27)/t8-,29?/m1/s1. The van der Waals surface area contributed by atoms with E-state index in [4.69, 9.17) is 0 Å². The first-order chi connectivity index (χ1) is 13.2. The van der Waals surface area contributed by atoms with E-state index in [-0.39, 0.29) is 5.69 Å². The number of pyridine rings is 1. The molecule has 0 aliphatic heterocycles. The van der Waals surface area contributed by atoms with Crippen molar-refractivity contribution in [2.45, 2.75) is 36.9 Å². The summed E-state index contributed by atoms with van der Waals surface area (Å²) in [5.41, 5.74) is -2.20. The molecule has 2 heterocycles. The van der Waals surface area contributed by atoms with E-state index < -0.39 is 57.1 Å². The Balaban J connectivity index is 2.26. The third-order valence-corrected chi connectivity index (χ3v) is 5.11. The van der Waals surface area contributed by atoms with Gasteiger partial charge in [-0.2, -0.15) is 13.2 Å². The first-order valence-corrected chi connectivity index (χ1v) is 9.12. The van der Waals surface area contributed by atoms with Gasteiger partial charge in [-0.1, -0.05) is 0 Å². The molecule has 6 nitrogen and oxygen atoms in total. The minimum absolute atomic E-state index is 0.294. The minimum atomic E-state index is -4.75. The molecule has 13 heteroatoms. The molecule has 2 aromatic rings. The van der Waals surface area contributed by atoms with Gasteiger partial charge in [0.05, 0.1) is 6.04 Å². The van der Waals surface area contributed by atoms with Gasteiger partial charge in [0.15, 0.2) is 5.82 Å². The fourth-order valence-corrected chi connectivity index (χ4v) is 3.31. The quantitative estimate of drug-likeness (QED) is 0.673. The van der Waals surface area contributed by atoms with E-state index in [1.165, 1.54) is 7.05 Å². The predicted molar refractivity (Wildman–Crippen MR) is 92.2 cm³/mol. The van der Waals surface area contributed by atoms with Crippen LogP contribution >= 0.6 is 0 Å². The highest BCUT2D eigenvalue weighted by atomic mass is 32.2. The zero-order chi connectivity index (χ0) is 22.1. The van der Waals surface area contributed by atoms with Crippen molar-refractivity contribution in [2.75, 3.05) is 5.32 Å². The van der Waals surface area contributed by atoms with Crippen LogP contribution in [0.1, 0.15) is 30.0 Å². The Labute approximate surface area is 163 Å². The summed E-state index contributed by atoms with van der Waals surface area (Å²) in [6, 6.07) is 0.0714. The summed E-state index contributed by atoms with van der Waals surface area (Å²) in [4.78, 5) is 14.9. The van der Waals surface area contributed by atoms with Crippen molar-refractivity contribution in [1.29, 1.82) is 0 Å². The van der Waals surface area contributed by atoms with E-state index in [0.29, 0.717) is 13.0 Å². The summed E-state index contributed by atoms with van der Waals surface area (Å²) in [5.74, 6) is -5.62. The van der Waals surface area contributed by atoms with E-state index in [0.717, 1.165) is 30.0 Å². The van der Waals surface area contributed by atoms with Crippen LogP contribution in [0.15, 0.2) is 29.4 Å². The zero-order valence-corrected chi connectivity index (χ0v) is 16.1. The Morgan fingerprint density at radius 2 is 1.90 bits per heavy atom. The second-order valence-corrected chi connectivity index (χ2v) is 7.43. The number of anilines is 1. The molecule has 0 spiro atoms. The number of carbonyl (C=O) groups excluding carboxylic acids is 1. The number of carbonyl (C=O) groups is 1. The van der Waals surface area contributed by atoms with Crippen LogP contribution in [0.3, 0.4) is 0 Å². The van der Waals surface area contributed by atoms with Gasteiger partial charge in [-0.15, -0.1) is 0 Å². The fraction of sp³-hybridized carbons (Fsp3) is 0.375. The molecule has 0 radical (unpaired) electrons. The predicted octanol–water partition coefficient (Wildman–Crippen LogP) is 3.49. The van der Waals surface area contributed by atoms with Gasteiger partial charge in [0.1, 0.15) is 27.3 Å². The number of rotatable bonds is 6. The Morgan fingerprint density at radius 1 is 1.28 bits per heavy atom. The van der Waals surface area contributed by atoms with E-state index in [9.17, 15) is 35.3 Å². The number of amides is 1. The first-order valence-electron chi connectivity index (χ1n) is 7.97. The van der Waals surface area contributed by atoms with Crippen LogP contribution in [0.5, 0.6) is 0 Å². The summed E-state index contributed by atoms with van der Waals surface area (Å²) in [6.07, 6.45) is -2.97. The van der Waals surface area contributed by atoms with Crippen molar-refractivity contribution in [1.82, 2.24) is 14.3 Å². The van der Waals surface area contributed by atoms with Gasteiger partial charge >= 0.3 is 6.18 Å². The summed E-state index contributed by atoms with van der Waals surface area (Å²) in [5, 5.41) is 2.09. The molecule has 1 amide bonds. The van der Waals surface area contributed by atoms with Crippen LogP contribution < -0.4 is 10.0 Å². The Bertz CT molecular complexity index is 938. The maximum Gasteiger partial charge on any atom is 0.433 e. The number of aromatic nitrogens is 2. The third kappa shape index (κ3) is 5.35. The van der Waals surface area contributed by atoms with E-state index >= 15 is 0 Å². The fourth-order valence-electron chi connectivity index (χ4n) is 2.14. The summed E-state index contributed by atoms with van der Waals surface area (Å²) < 4.78 is 94.3. The van der Waals surface area contributed by atoms with Crippen LogP contribution in [0, 0.1) is 5.82 Å². The Kier molecular flexibility index (Phi) is 6.42. The van der Waals surface area contributed by atoms with Gasteiger partial charge in [0.25, 0.3) is 11.8 Å². The van der Waals surface area contributed by atoms with E-state index in [2.05, 4.69) is 10.3 Å². The molecule has 0 aromatic carbocycles. The van der Waals surface area contributed by atoms with Gasteiger partial charge in [-0.3, -0.25) is 9.78 Å². The van der Waals surface area contributed by atoms with Crippen molar-refractivity contribution in [3.63, 3.8) is 0 Å². The third-order valence-electron chi connectivity index (χ3n) is 3.86. The number of hydrogen-bond acceptors (Lipinski definition) is 3. The number of aryl methyl sites for hydroxylation is 1. The molecule has 29 heavy (non-hydrogen) atoms. The van der Waals surface area contributed by atoms with Crippen molar-refractivity contribution >= 4 is 22.6 Å². The maximum absolute atomic E-state index is 14.6. The Hall–Kier alpha value is -2.41. The molecule has 0 saturated carbocycles. The van der Waals surface area contributed by atoms with Gasteiger partial charge in [0.2, 0.25) is 0 Å². The number of nitrogens with one attached hydrogen (secondary N) is 2. The van der Waals surface area contributed by atoms with Crippen LogP contribution in [-0.2, 0) is 24.2 Å². The van der Waals surface area contributed by atoms with Crippen molar-refractivity contribution in [2.24, 2.45) is 7.05 Å². The van der Waals surface area contributed by atoms with Crippen LogP contribution in [0.2, 0.25) is 0 Å². The summed E-state index contributed by atoms with van der Waals surface area (Å²) in [6.45, 7) is 1.64. The van der Waals surface area contributed by atoms with E-state index in [1.807, 2.05) is 4.72 Å². The van der Waals surface area contributed by atoms with Crippen LogP contribution in [0.4, 0.5) is 32.0 Å². The Morgan fingerprint density at radius 3 is 2.45 bits per heavy atom. The molecule has 2 atom stereocenters. The van der Waals surface area contributed by atoms with Crippen LogP contribution in [-0.4, -0.2) is 31.6 Å². The van der Waals surface area contributed by atoms with Crippen molar-refractivity contribution in [3.05, 3.63) is 41.7 Å². The highest BCUT2D eigenvalue weighted by Crippen LogP contribution is 2.29. The van der Waals surface area contributed by atoms with Crippen molar-refractivity contribution < 1.29 is 35.3 Å². The summed E-state index contributed by atoms with van der Waals surface area (Å²) in [7, 11) is -1.18. The monoisotopic (exact) mass is 442 g/mol. The average molecular weight is 442 g/mol. The second kappa shape index (κ2) is 8.14.